The molecule has 0 aliphatic carbocycles. The molecule has 0 saturated heterocycles. The third-order valence-electron chi connectivity index (χ3n) is 2.23. The van der Waals surface area contributed by atoms with Gasteiger partial charge < -0.3 is 0 Å². The Labute approximate surface area is 97.2 Å². The van der Waals surface area contributed by atoms with Gasteiger partial charge in [0, 0.05) is 14.6 Å². The van der Waals surface area contributed by atoms with Crippen molar-refractivity contribution in [1.29, 1.82) is 0 Å². The average molecular weight is 243 g/mol. The van der Waals surface area contributed by atoms with Crippen molar-refractivity contribution in [2.45, 2.75) is 19.2 Å². The van der Waals surface area contributed by atoms with Crippen LogP contribution in [-0.4, -0.2) is 0 Å². The Morgan fingerprint density at radius 2 is 2.07 bits per heavy atom. The van der Waals surface area contributed by atoms with E-state index in [2.05, 4.69) is 31.4 Å². The van der Waals surface area contributed by atoms with Gasteiger partial charge >= 0.3 is 0 Å². The molecule has 2 aromatic heterocycles. The van der Waals surface area contributed by atoms with Crippen molar-refractivity contribution in [3.05, 3.63) is 43.8 Å². The second-order valence-corrected chi connectivity index (χ2v) is 5.97. The monoisotopic (exact) mass is 242 g/mol. The molecule has 0 saturated carbocycles. The highest BCUT2D eigenvalue weighted by Gasteiger charge is 2.14. The Kier molecular flexibility index (Phi) is 2.96. The van der Waals surface area contributed by atoms with Crippen LogP contribution in [0, 0.1) is 13.8 Å². The molecule has 2 rings (SSSR count). The zero-order valence-electron chi connectivity index (χ0n) is 8.08. The molecule has 0 radical (unpaired) electrons. The van der Waals surface area contributed by atoms with E-state index in [1.54, 1.807) is 22.7 Å². The lowest BCUT2D eigenvalue weighted by Gasteiger charge is -2.02. The summed E-state index contributed by atoms with van der Waals surface area (Å²) in [5, 5.41) is 2.10. The molecule has 0 aliphatic rings. The summed E-state index contributed by atoms with van der Waals surface area (Å²) < 4.78 is 0. The number of thiophene rings is 2. The Hall–Kier alpha value is -0.310. The Morgan fingerprint density at radius 3 is 2.57 bits per heavy atom. The lowest BCUT2D eigenvalue weighted by Crippen LogP contribution is -1.84. The highest BCUT2D eigenvalue weighted by Crippen LogP contribution is 2.37. The number of hydrogen-bond acceptors (Lipinski definition) is 2. The van der Waals surface area contributed by atoms with Crippen molar-refractivity contribution in [3.8, 4) is 0 Å². The summed E-state index contributed by atoms with van der Waals surface area (Å²) in [6, 6.07) is 6.33. The summed E-state index contributed by atoms with van der Waals surface area (Å²) in [5.41, 5.74) is 1.34. The van der Waals surface area contributed by atoms with Gasteiger partial charge in [-0.1, -0.05) is 6.07 Å². The summed E-state index contributed by atoms with van der Waals surface area (Å²) >= 11 is 9.89. The number of alkyl halides is 1. The summed E-state index contributed by atoms with van der Waals surface area (Å²) in [4.78, 5) is 3.85. The molecule has 0 fully saturated rings. The van der Waals surface area contributed by atoms with Gasteiger partial charge in [0.2, 0.25) is 0 Å². The van der Waals surface area contributed by atoms with Crippen molar-refractivity contribution in [2.75, 3.05) is 0 Å². The predicted molar refractivity (Wildman–Crippen MR) is 65.8 cm³/mol. The van der Waals surface area contributed by atoms with Gasteiger partial charge in [0.15, 0.2) is 0 Å². The van der Waals surface area contributed by atoms with Crippen LogP contribution in [0.2, 0.25) is 0 Å². The van der Waals surface area contributed by atoms with E-state index in [1.807, 2.05) is 6.07 Å². The van der Waals surface area contributed by atoms with E-state index < -0.39 is 0 Å². The predicted octanol–water partition coefficient (Wildman–Crippen LogP) is 4.75. The van der Waals surface area contributed by atoms with Crippen LogP contribution in [0.25, 0.3) is 0 Å². The normalized spacial score (nSPS) is 13.1. The highest BCUT2D eigenvalue weighted by atomic mass is 35.5. The van der Waals surface area contributed by atoms with Crippen molar-refractivity contribution in [2.24, 2.45) is 0 Å². The molecule has 0 nitrogen and oxygen atoms in total. The van der Waals surface area contributed by atoms with Gasteiger partial charge in [0.1, 0.15) is 5.38 Å². The molecule has 14 heavy (non-hydrogen) atoms. The maximum absolute atomic E-state index is 6.38. The van der Waals surface area contributed by atoms with E-state index in [0.717, 1.165) is 0 Å². The number of aryl methyl sites for hydroxylation is 2. The molecule has 0 aromatic carbocycles. The first kappa shape index (κ1) is 10.2. The lowest BCUT2D eigenvalue weighted by molar-refractivity contribution is 1.23. The first-order chi connectivity index (χ1) is 6.68. The van der Waals surface area contributed by atoms with Crippen LogP contribution in [0.15, 0.2) is 23.6 Å². The standard InChI is InChI=1S/C11H11ClS2/c1-7-6-10(14-8(7)2)11(12)9-4-3-5-13-9/h3-6,11H,1-2H3. The second-order valence-electron chi connectivity index (χ2n) is 3.27. The summed E-state index contributed by atoms with van der Waals surface area (Å²) in [6.07, 6.45) is 0. The minimum atomic E-state index is 0.0346. The zero-order chi connectivity index (χ0) is 10.1. The average Bonchev–Trinajstić information content (AvgIpc) is 2.76. The minimum Gasteiger partial charge on any atom is -0.147 e. The molecule has 1 atom stereocenters. The van der Waals surface area contributed by atoms with Gasteiger partial charge in [-0.3, -0.25) is 0 Å². The van der Waals surface area contributed by atoms with Gasteiger partial charge in [0.25, 0.3) is 0 Å². The van der Waals surface area contributed by atoms with E-state index in [0.29, 0.717) is 0 Å². The maximum Gasteiger partial charge on any atom is 0.102 e. The van der Waals surface area contributed by atoms with Crippen LogP contribution >= 0.6 is 34.3 Å². The second kappa shape index (κ2) is 4.05. The summed E-state index contributed by atoms with van der Waals surface area (Å²) in [7, 11) is 0. The topological polar surface area (TPSA) is 0 Å². The van der Waals surface area contributed by atoms with E-state index >= 15 is 0 Å². The lowest BCUT2D eigenvalue weighted by atomic mass is 10.2. The van der Waals surface area contributed by atoms with Gasteiger partial charge in [-0.2, -0.15) is 0 Å². The molecule has 0 amide bonds. The summed E-state index contributed by atoms with van der Waals surface area (Å²) in [6.45, 7) is 4.27. The first-order valence-electron chi connectivity index (χ1n) is 4.43. The van der Waals surface area contributed by atoms with Crippen molar-refractivity contribution in [3.63, 3.8) is 0 Å². The van der Waals surface area contributed by atoms with Gasteiger partial charge in [-0.25, -0.2) is 0 Å². The van der Waals surface area contributed by atoms with Crippen molar-refractivity contribution < 1.29 is 0 Å². The van der Waals surface area contributed by atoms with Crippen molar-refractivity contribution in [1.82, 2.24) is 0 Å². The molecule has 0 aliphatic heterocycles. The van der Waals surface area contributed by atoms with Crippen LogP contribution < -0.4 is 0 Å². The van der Waals surface area contributed by atoms with E-state index in [9.17, 15) is 0 Å². The Morgan fingerprint density at radius 1 is 1.29 bits per heavy atom. The third-order valence-corrected chi connectivity index (χ3v) is 5.11. The van der Waals surface area contributed by atoms with Gasteiger partial charge in [0.05, 0.1) is 0 Å². The van der Waals surface area contributed by atoms with E-state index in [-0.39, 0.29) is 5.38 Å². The molecule has 0 N–H and O–H groups in total. The smallest absolute Gasteiger partial charge is 0.102 e. The van der Waals surface area contributed by atoms with Crippen LogP contribution in [0.1, 0.15) is 25.6 Å². The third kappa shape index (κ3) is 1.88. The highest BCUT2D eigenvalue weighted by molar-refractivity contribution is 7.13. The molecule has 2 heterocycles. The largest absolute Gasteiger partial charge is 0.147 e. The van der Waals surface area contributed by atoms with Crippen LogP contribution in [0.4, 0.5) is 0 Å². The fourth-order valence-corrected chi connectivity index (χ4v) is 3.56. The minimum absolute atomic E-state index is 0.0346. The van der Waals surface area contributed by atoms with Crippen LogP contribution in [0.3, 0.4) is 0 Å². The number of halogens is 1. The van der Waals surface area contributed by atoms with Gasteiger partial charge in [-0.15, -0.1) is 34.3 Å². The number of hydrogen-bond donors (Lipinski definition) is 0. The number of rotatable bonds is 2. The molecule has 3 heteroatoms. The fraction of sp³-hybridized carbons (Fsp3) is 0.273. The molecule has 0 spiro atoms. The van der Waals surface area contributed by atoms with Crippen LogP contribution in [0.5, 0.6) is 0 Å². The molecule has 0 bridgehead atoms. The quantitative estimate of drug-likeness (QED) is 0.667. The van der Waals surface area contributed by atoms with Gasteiger partial charge in [-0.05, 0) is 36.9 Å². The SMILES string of the molecule is Cc1cc(C(Cl)c2cccs2)sc1C. The van der Waals surface area contributed by atoms with Crippen molar-refractivity contribution >= 4 is 34.3 Å². The molecule has 1 unspecified atom stereocenters. The molecule has 2 aromatic rings. The Balaban J connectivity index is 2.32. The van der Waals surface area contributed by atoms with E-state index in [1.165, 1.54) is 20.2 Å². The molecular weight excluding hydrogens is 232 g/mol. The first-order valence-corrected chi connectivity index (χ1v) is 6.56. The molecular formula is C11H11ClS2. The van der Waals surface area contributed by atoms with Crippen LogP contribution in [-0.2, 0) is 0 Å². The zero-order valence-corrected chi connectivity index (χ0v) is 10.5. The van der Waals surface area contributed by atoms with E-state index in [4.69, 9.17) is 11.6 Å². The summed E-state index contributed by atoms with van der Waals surface area (Å²) in [5.74, 6) is 0. The molecule has 74 valence electrons. The maximum atomic E-state index is 6.38. The fourth-order valence-electron chi connectivity index (χ4n) is 1.30. The Bertz CT molecular complexity index is 395.